The molecular formula is C10H13ClFNO2S. The minimum Gasteiger partial charge on any atom is -0.212 e. The van der Waals surface area contributed by atoms with Crippen LogP contribution in [0.1, 0.15) is 25.5 Å². The molecule has 0 amide bonds. The minimum atomic E-state index is -3.30. The van der Waals surface area contributed by atoms with Crippen molar-refractivity contribution in [2.45, 2.75) is 19.9 Å². The van der Waals surface area contributed by atoms with Crippen LogP contribution in [0.4, 0.5) is 4.39 Å². The monoisotopic (exact) mass is 265 g/mol. The predicted octanol–water partition coefficient (Wildman–Crippen LogP) is 2.48. The normalized spacial score (nSPS) is 13.8. The third kappa shape index (κ3) is 3.43. The van der Waals surface area contributed by atoms with Gasteiger partial charge in [-0.3, -0.25) is 0 Å². The van der Waals surface area contributed by atoms with E-state index in [2.05, 4.69) is 4.72 Å². The quantitative estimate of drug-likeness (QED) is 0.909. The van der Waals surface area contributed by atoms with Gasteiger partial charge in [-0.2, -0.15) is 0 Å². The van der Waals surface area contributed by atoms with E-state index in [-0.39, 0.29) is 10.8 Å². The molecule has 1 atom stereocenters. The molecule has 3 nitrogen and oxygen atoms in total. The summed E-state index contributed by atoms with van der Waals surface area (Å²) >= 11 is 5.82. The fraction of sp³-hybridized carbons (Fsp3) is 0.400. The maximum absolute atomic E-state index is 12.8. The molecule has 6 heteroatoms. The molecular weight excluding hydrogens is 253 g/mol. The Morgan fingerprint density at radius 2 is 2.12 bits per heavy atom. The number of nitrogens with one attached hydrogen (secondary N) is 1. The fourth-order valence-electron chi connectivity index (χ4n) is 1.27. The molecule has 90 valence electrons. The topological polar surface area (TPSA) is 46.2 Å². The highest BCUT2D eigenvalue weighted by Gasteiger charge is 2.16. The van der Waals surface area contributed by atoms with Gasteiger partial charge in [0.25, 0.3) is 0 Å². The molecule has 16 heavy (non-hydrogen) atoms. The smallest absolute Gasteiger partial charge is 0.211 e. The van der Waals surface area contributed by atoms with Crippen LogP contribution in [0.2, 0.25) is 5.02 Å². The molecule has 0 radical (unpaired) electrons. The van der Waals surface area contributed by atoms with Crippen LogP contribution in [-0.2, 0) is 10.0 Å². The van der Waals surface area contributed by atoms with Crippen molar-refractivity contribution in [1.29, 1.82) is 0 Å². The first kappa shape index (κ1) is 13.4. The third-order valence-corrected chi connectivity index (χ3v) is 3.97. The van der Waals surface area contributed by atoms with Crippen molar-refractivity contribution in [3.63, 3.8) is 0 Å². The van der Waals surface area contributed by atoms with Crippen molar-refractivity contribution in [3.05, 3.63) is 34.6 Å². The summed E-state index contributed by atoms with van der Waals surface area (Å²) in [6.07, 6.45) is 0. The molecule has 0 bridgehead atoms. The van der Waals surface area contributed by atoms with Crippen LogP contribution in [0, 0.1) is 5.82 Å². The second kappa shape index (κ2) is 5.12. The summed E-state index contributed by atoms with van der Waals surface area (Å²) in [7, 11) is -3.30. The van der Waals surface area contributed by atoms with Gasteiger partial charge in [-0.25, -0.2) is 17.5 Å². The first-order valence-electron chi connectivity index (χ1n) is 4.80. The molecule has 0 fully saturated rings. The Kier molecular flexibility index (Phi) is 4.29. The zero-order valence-corrected chi connectivity index (χ0v) is 10.6. The Morgan fingerprint density at radius 1 is 1.50 bits per heavy atom. The predicted molar refractivity (Wildman–Crippen MR) is 62.4 cm³/mol. The Morgan fingerprint density at radius 3 is 2.62 bits per heavy atom. The van der Waals surface area contributed by atoms with E-state index in [9.17, 15) is 12.8 Å². The molecule has 0 aliphatic carbocycles. The Labute approximate surface area is 99.7 Å². The molecule has 0 spiro atoms. The van der Waals surface area contributed by atoms with E-state index in [0.29, 0.717) is 5.56 Å². The number of hydrogen-bond donors (Lipinski definition) is 1. The molecule has 1 aromatic rings. The fourth-order valence-corrected chi connectivity index (χ4v) is 2.43. The van der Waals surface area contributed by atoms with Crippen molar-refractivity contribution in [2.24, 2.45) is 0 Å². The van der Waals surface area contributed by atoms with E-state index in [1.54, 1.807) is 13.8 Å². The van der Waals surface area contributed by atoms with Crippen molar-refractivity contribution in [2.75, 3.05) is 5.75 Å². The van der Waals surface area contributed by atoms with Crippen LogP contribution in [-0.4, -0.2) is 14.2 Å². The Balaban J connectivity index is 2.93. The average molecular weight is 266 g/mol. The van der Waals surface area contributed by atoms with Gasteiger partial charge in [0.2, 0.25) is 10.0 Å². The van der Waals surface area contributed by atoms with Gasteiger partial charge in [0, 0.05) is 11.1 Å². The Hall–Kier alpha value is -0.650. The number of sulfonamides is 1. The standard InChI is InChI=1S/C10H13ClFNO2S/c1-3-16(14,15)13-7(2)9-5-4-8(12)6-10(9)11/h4-7,13H,3H2,1-2H3. The molecule has 0 saturated carbocycles. The van der Waals surface area contributed by atoms with Gasteiger partial charge in [-0.1, -0.05) is 17.7 Å². The van der Waals surface area contributed by atoms with Gasteiger partial charge in [0.05, 0.1) is 5.75 Å². The molecule has 0 aromatic heterocycles. The van der Waals surface area contributed by atoms with Crippen molar-refractivity contribution in [3.8, 4) is 0 Å². The summed E-state index contributed by atoms with van der Waals surface area (Å²) < 4.78 is 37.9. The minimum absolute atomic E-state index is 0.00382. The Bertz CT molecular complexity index is 476. The molecule has 0 heterocycles. The highest BCUT2D eigenvalue weighted by atomic mass is 35.5. The number of hydrogen-bond acceptors (Lipinski definition) is 2. The molecule has 1 rings (SSSR count). The van der Waals surface area contributed by atoms with Crippen LogP contribution in [0.3, 0.4) is 0 Å². The zero-order chi connectivity index (χ0) is 12.3. The van der Waals surface area contributed by atoms with Crippen LogP contribution in [0.5, 0.6) is 0 Å². The summed E-state index contributed by atoms with van der Waals surface area (Å²) in [6.45, 7) is 3.20. The van der Waals surface area contributed by atoms with Gasteiger partial charge in [-0.05, 0) is 31.5 Å². The first-order chi connectivity index (χ1) is 7.35. The number of rotatable bonds is 4. The average Bonchev–Trinajstić information content (AvgIpc) is 2.16. The van der Waals surface area contributed by atoms with E-state index >= 15 is 0 Å². The molecule has 1 aromatic carbocycles. The van der Waals surface area contributed by atoms with Crippen LogP contribution >= 0.6 is 11.6 Å². The van der Waals surface area contributed by atoms with Gasteiger partial charge >= 0.3 is 0 Å². The third-order valence-electron chi connectivity index (χ3n) is 2.17. The lowest BCUT2D eigenvalue weighted by Crippen LogP contribution is -2.28. The van der Waals surface area contributed by atoms with Gasteiger partial charge in [0.15, 0.2) is 0 Å². The summed E-state index contributed by atoms with van der Waals surface area (Å²) in [6, 6.07) is 3.41. The largest absolute Gasteiger partial charge is 0.212 e. The molecule has 1 N–H and O–H groups in total. The molecule has 0 aliphatic heterocycles. The maximum atomic E-state index is 12.8. The number of halogens is 2. The summed E-state index contributed by atoms with van der Waals surface area (Å²) in [4.78, 5) is 0. The zero-order valence-electron chi connectivity index (χ0n) is 9.00. The molecule has 0 saturated heterocycles. The van der Waals surface area contributed by atoms with Gasteiger partial charge in [0.1, 0.15) is 5.82 Å². The van der Waals surface area contributed by atoms with Crippen LogP contribution < -0.4 is 4.72 Å². The lowest BCUT2D eigenvalue weighted by atomic mass is 10.1. The maximum Gasteiger partial charge on any atom is 0.211 e. The first-order valence-corrected chi connectivity index (χ1v) is 6.83. The van der Waals surface area contributed by atoms with Gasteiger partial charge in [-0.15, -0.1) is 0 Å². The second-order valence-electron chi connectivity index (χ2n) is 3.41. The van der Waals surface area contributed by atoms with Crippen LogP contribution in [0.15, 0.2) is 18.2 Å². The molecule has 0 aliphatic rings. The van der Waals surface area contributed by atoms with E-state index in [1.165, 1.54) is 12.1 Å². The molecule has 1 unspecified atom stereocenters. The van der Waals surface area contributed by atoms with Crippen LogP contribution in [0.25, 0.3) is 0 Å². The second-order valence-corrected chi connectivity index (χ2v) is 5.86. The lowest BCUT2D eigenvalue weighted by Gasteiger charge is -2.15. The lowest BCUT2D eigenvalue weighted by molar-refractivity contribution is 0.568. The summed E-state index contributed by atoms with van der Waals surface area (Å²) in [5.74, 6) is -0.449. The van der Waals surface area contributed by atoms with E-state index in [0.717, 1.165) is 6.07 Å². The van der Waals surface area contributed by atoms with E-state index in [4.69, 9.17) is 11.6 Å². The highest BCUT2D eigenvalue weighted by molar-refractivity contribution is 7.89. The summed E-state index contributed by atoms with van der Waals surface area (Å²) in [5.41, 5.74) is 0.556. The van der Waals surface area contributed by atoms with Crippen molar-refractivity contribution >= 4 is 21.6 Å². The highest BCUT2D eigenvalue weighted by Crippen LogP contribution is 2.24. The number of benzene rings is 1. The van der Waals surface area contributed by atoms with E-state index in [1.807, 2.05) is 0 Å². The SMILES string of the molecule is CCS(=O)(=O)NC(C)c1ccc(F)cc1Cl. The van der Waals surface area contributed by atoms with Crippen molar-refractivity contribution < 1.29 is 12.8 Å². The van der Waals surface area contributed by atoms with Crippen molar-refractivity contribution in [1.82, 2.24) is 4.72 Å². The summed E-state index contributed by atoms with van der Waals surface area (Å²) in [5, 5.41) is 0.214. The van der Waals surface area contributed by atoms with E-state index < -0.39 is 21.9 Å². The van der Waals surface area contributed by atoms with Gasteiger partial charge < -0.3 is 0 Å².